The summed E-state index contributed by atoms with van der Waals surface area (Å²) in [5, 5.41) is 4.91. The third-order valence-electron chi connectivity index (χ3n) is 2.26. The monoisotopic (exact) mass is 345 g/mol. The zero-order valence-corrected chi connectivity index (χ0v) is 11.7. The van der Waals surface area contributed by atoms with Gasteiger partial charge in [0, 0.05) is 12.4 Å². The van der Waals surface area contributed by atoms with Crippen LogP contribution < -0.4 is 5.69 Å². The Bertz CT molecular complexity index is 556. The van der Waals surface area contributed by atoms with E-state index in [9.17, 15) is 4.79 Å². The van der Waals surface area contributed by atoms with Crippen molar-refractivity contribution in [2.24, 2.45) is 7.05 Å². The smallest absolute Gasteiger partial charge is 0.272 e. The Morgan fingerprint density at radius 1 is 1.31 bits per heavy atom. The van der Waals surface area contributed by atoms with Crippen molar-refractivity contribution in [2.45, 2.75) is 5.33 Å². The standard InChI is InChI=1S/C10H9Br2N3O/c1-14-9(12)13-15(10(14)16)8-4-2-7(6-11)3-5-8/h2-5H,6H2,1H3. The van der Waals surface area contributed by atoms with Crippen LogP contribution in [0.5, 0.6) is 0 Å². The molecule has 0 bridgehead atoms. The maximum absolute atomic E-state index is 11.8. The van der Waals surface area contributed by atoms with E-state index in [2.05, 4.69) is 37.0 Å². The summed E-state index contributed by atoms with van der Waals surface area (Å²) >= 11 is 6.59. The number of benzene rings is 1. The van der Waals surface area contributed by atoms with Gasteiger partial charge in [-0.3, -0.25) is 4.57 Å². The number of alkyl halides is 1. The first-order chi connectivity index (χ1) is 7.63. The van der Waals surface area contributed by atoms with Crippen molar-refractivity contribution in [1.82, 2.24) is 14.3 Å². The molecule has 2 aromatic rings. The summed E-state index contributed by atoms with van der Waals surface area (Å²) in [6.07, 6.45) is 0. The molecule has 0 amide bonds. The Labute approximate surface area is 109 Å². The van der Waals surface area contributed by atoms with E-state index in [0.29, 0.717) is 4.73 Å². The van der Waals surface area contributed by atoms with Crippen molar-refractivity contribution in [3.63, 3.8) is 0 Å². The molecular formula is C10H9Br2N3O. The van der Waals surface area contributed by atoms with E-state index in [4.69, 9.17) is 0 Å². The van der Waals surface area contributed by atoms with Crippen molar-refractivity contribution >= 4 is 31.9 Å². The zero-order chi connectivity index (χ0) is 11.7. The fourth-order valence-electron chi connectivity index (χ4n) is 1.31. The van der Waals surface area contributed by atoms with E-state index in [0.717, 1.165) is 16.6 Å². The first-order valence-electron chi connectivity index (χ1n) is 4.60. The summed E-state index contributed by atoms with van der Waals surface area (Å²) in [5.74, 6) is 0. The van der Waals surface area contributed by atoms with E-state index in [1.54, 1.807) is 7.05 Å². The summed E-state index contributed by atoms with van der Waals surface area (Å²) in [4.78, 5) is 11.8. The first kappa shape index (κ1) is 11.6. The predicted molar refractivity (Wildman–Crippen MR) is 69.1 cm³/mol. The lowest BCUT2D eigenvalue weighted by Crippen LogP contribution is -2.21. The molecule has 2 rings (SSSR count). The summed E-state index contributed by atoms with van der Waals surface area (Å²) in [5.41, 5.74) is 1.75. The molecule has 0 unspecified atom stereocenters. The van der Waals surface area contributed by atoms with Crippen molar-refractivity contribution in [3.05, 3.63) is 45.0 Å². The molecule has 16 heavy (non-hydrogen) atoms. The highest BCUT2D eigenvalue weighted by Crippen LogP contribution is 2.11. The Hall–Kier alpha value is -0.880. The molecule has 4 nitrogen and oxygen atoms in total. The molecule has 0 aliphatic rings. The summed E-state index contributed by atoms with van der Waals surface area (Å²) in [6.45, 7) is 0. The number of hydrogen-bond donors (Lipinski definition) is 0. The van der Waals surface area contributed by atoms with Crippen LogP contribution in [0.25, 0.3) is 5.69 Å². The van der Waals surface area contributed by atoms with Crippen LogP contribution in [-0.4, -0.2) is 14.3 Å². The molecule has 0 spiro atoms. The minimum absolute atomic E-state index is 0.168. The SMILES string of the molecule is Cn1c(Br)nn(-c2ccc(CBr)cc2)c1=O. The van der Waals surface area contributed by atoms with Gasteiger partial charge in [-0.1, -0.05) is 28.1 Å². The normalized spacial score (nSPS) is 10.7. The zero-order valence-electron chi connectivity index (χ0n) is 8.52. The van der Waals surface area contributed by atoms with Gasteiger partial charge in [-0.25, -0.2) is 4.79 Å². The second-order valence-electron chi connectivity index (χ2n) is 3.32. The Morgan fingerprint density at radius 3 is 2.38 bits per heavy atom. The fraction of sp³-hybridized carbons (Fsp3) is 0.200. The Balaban J connectivity index is 2.50. The average molecular weight is 347 g/mol. The third kappa shape index (κ3) is 1.99. The lowest BCUT2D eigenvalue weighted by atomic mass is 10.2. The minimum atomic E-state index is -0.168. The van der Waals surface area contributed by atoms with Gasteiger partial charge in [0.15, 0.2) is 0 Å². The van der Waals surface area contributed by atoms with Gasteiger partial charge in [-0.15, -0.1) is 5.10 Å². The van der Waals surface area contributed by atoms with Gasteiger partial charge < -0.3 is 0 Å². The van der Waals surface area contributed by atoms with Crippen LogP contribution in [0.2, 0.25) is 0 Å². The van der Waals surface area contributed by atoms with Gasteiger partial charge in [0.25, 0.3) is 0 Å². The van der Waals surface area contributed by atoms with E-state index in [-0.39, 0.29) is 5.69 Å². The molecule has 1 aromatic carbocycles. The van der Waals surface area contributed by atoms with Gasteiger partial charge in [0.1, 0.15) is 0 Å². The molecule has 0 saturated heterocycles. The molecule has 6 heteroatoms. The van der Waals surface area contributed by atoms with Crippen molar-refractivity contribution in [3.8, 4) is 5.69 Å². The maximum Gasteiger partial charge on any atom is 0.351 e. The highest BCUT2D eigenvalue weighted by Gasteiger charge is 2.08. The summed E-state index contributed by atoms with van der Waals surface area (Å²) in [6, 6.07) is 7.66. The number of halogens is 2. The largest absolute Gasteiger partial charge is 0.351 e. The molecule has 0 aliphatic heterocycles. The molecule has 1 heterocycles. The molecule has 0 radical (unpaired) electrons. The molecule has 1 aromatic heterocycles. The van der Waals surface area contributed by atoms with Crippen LogP contribution in [0, 0.1) is 0 Å². The summed E-state index contributed by atoms with van der Waals surface area (Å²) in [7, 11) is 1.67. The lowest BCUT2D eigenvalue weighted by Gasteiger charge is -2.00. The van der Waals surface area contributed by atoms with Crippen molar-refractivity contribution < 1.29 is 0 Å². The van der Waals surface area contributed by atoms with Gasteiger partial charge >= 0.3 is 5.69 Å². The second-order valence-corrected chi connectivity index (χ2v) is 4.59. The van der Waals surface area contributed by atoms with Gasteiger partial charge in [-0.2, -0.15) is 4.68 Å². The van der Waals surface area contributed by atoms with Crippen LogP contribution in [0.3, 0.4) is 0 Å². The van der Waals surface area contributed by atoms with Gasteiger partial charge in [-0.05, 0) is 33.6 Å². The van der Waals surface area contributed by atoms with E-state index in [1.165, 1.54) is 9.25 Å². The number of aromatic nitrogens is 3. The lowest BCUT2D eigenvalue weighted by molar-refractivity contribution is 0.797. The topological polar surface area (TPSA) is 39.8 Å². The minimum Gasteiger partial charge on any atom is -0.272 e. The van der Waals surface area contributed by atoms with Crippen LogP contribution in [0.4, 0.5) is 0 Å². The number of hydrogen-bond acceptors (Lipinski definition) is 2. The third-order valence-corrected chi connectivity index (χ3v) is 3.60. The molecule has 84 valence electrons. The van der Waals surface area contributed by atoms with E-state index in [1.807, 2.05) is 24.3 Å². The summed E-state index contributed by atoms with van der Waals surface area (Å²) < 4.78 is 3.32. The predicted octanol–water partition coefficient (Wildman–Crippen LogP) is 2.23. The Morgan fingerprint density at radius 2 is 1.94 bits per heavy atom. The number of rotatable bonds is 2. The number of nitrogens with zero attached hydrogens (tertiary/aromatic N) is 3. The van der Waals surface area contributed by atoms with Gasteiger partial charge in [0.05, 0.1) is 5.69 Å². The highest BCUT2D eigenvalue weighted by atomic mass is 79.9. The van der Waals surface area contributed by atoms with Crippen molar-refractivity contribution in [1.29, 1.82) is 0 Å². The second kappa shape index (κ2) is 4.55. The van der Waals surface area contributed by atoms with E-state index >= 15 is 0 Å². The van der Waals surface area contributed by atoms with E-state index < -0.39 is 0 Å². The molecule has 0 aliphatic carbocycles. The molecule has 0 saturated carbocycles. The quantitative estimate of drug-likeness (QED) is 0.782. The van der Waals surface area contributed by atoms with Crippen molar-refractivity contribution in [2.75, 3.05) is 0 Å². The van der Waals surface area contributed by atoms with Crippen LogP contribution in [-0.2, 0) is 12.4 Å². The highest BCUT2D eigenvalue weighted by molar-refractivity contribution is 9.10. The van der Waals surface area contributed by atoms with Crippen LogP contribution >= 0.6 is 31.9 Å². The first-order valence-corrected chi connectivity index (χ1v) is 6.52. The van der Waals surface area contributed by atoms with Gasteiger partial charge in [0.2, 0.25) is 4.73 Å². The molecule has 0 N–H and O–H groups in total. The maximum atomic E-state index is 11.8. The van der Waals surface area contributed by atoms with Crippen LogP contribution in [0.15, 0.2) is 33.8 Å². The fourth-order valence-corrected chi connectivity index (χ4v) is 1.99. The molecular weight excluding hydrogens is 338 g/mol. The Kier molecular flexibility index (Phi) is 3.30. The molecule has 0 fully saturated rings. The van der Waals surface area contributed by atoms with Crippen LogP contribution in [0.1, 0.15) is 5.56 Å². The average Bonchev–Trinajstić information content (AvgIpc) is 2.57. The molecule has 0 atom stereocenters.